The summed E-state index contributed by atoms with van der Waals surface area (Å²) in [5.41, 5.74) is 5.51. The number of benzene rings is 3. The van der Waals surface area contributed by atoms with Crippen LogP contribution in [0.15, 0.2) is 72.8 Å². The molecular formula is C24H24O2. The molecule has 0 spiro atoms. The van der Waals surface area contributed by atoms with Crippen molar-refractivity contribution in [1.82, 2.24) is 0 Å². The van der Waals surface area contributed by atoms with Crippen LogP contribution >= 0.6 is 0 Å². The Kier molecular flexibility index (Phi) is 4.66. The zero-order chi connectivity index (χ0) is 17.9. The minimum Gasteiger partial charge on any atom is -0.493 e. The standard InChI is InChI=1S/C24H24O2/c1-25-23-15-21-19(13-17-9-5-3-6-10-17)14-20(18-11-7-4-8-12-18)22(21)16-24(23)26-2/h3-12,15-16,19-20H,13-14H2,1-2H3. The summed E-state index contributed by atoms with van der Waals surface area (Å²) < 4.78 is 11.2. The molecule has 0 N–H and O–H groups in total. The summed E-state index contributed by atoms with van der Waals surface area (Å²) in [7, 11) is 3.41. The molecule has 0 saturated heterocycles. The maximum atomic E-state index is 5.58. The van der Waals surface area contributed by atoms with Crippen LogP contribution in [0.2, 0.25) is 0 Å². The molecule has 3 aromatic rings. The van der Waals surface area contributed by atoms with Crippen LogP contribution in [0.3, 0.4) is 0 Å². The van der Waals surface area contributed by atoms with Crippen molar-refractivity contribution in [2.24, 2.45) is 0 Å². The first kappa shape index (κ1) is 16.7. The first-order valence-electron chi connectivity index (χ1n) is 9.15. The molecule has 1 aliphatic carbocycles. The molecule has 2 heteroatoms. The van der Waals surface area contributed by atoms with Gasteiger partial charge in [-0.2, -0.15) is 0 Å². The molecule has 132 valence electrons. The van der Waals surface area contributed by atoms with E-state index in [0.717, 1.165) is 24.3 Å². The van der Waals surface area contributed by atoms with E-state index in [1.165, 1.54) is 22.3 Å². The lowest BCUT2D eigenvalue weighted by Crippen LogP contribution is -2.00. The highest BCUT2D eigenvalue weighted by Gasteiger charge is 2.33. The van der Waals surface area contributed by atoms with Crippen molar-refractivity contribution >= 4 is 0 Å². The monoisotopic (exact) mass is 344 g/mol. The third-order valence-corrected chi connectivity index (χ3v) is 5.45. The van der Waals surface area contributed by atoms with E-state index in [9.17, 15) is 0 Å². The van der Waals surface area contributed by atoms with Crippen LogP contribution in [0.4, 0.5) is 0 Å². The molecule has 0 bridgehead atoms. The van der Waals surface area contributed by atoms with E-state index >= 15 is 0 Å². The molecule has 2 nitrogen and oxygen atoms in total. The second-order valence-corrected chi connectivity index (χ2v) is 6.92. The fourth-order valence-electron chi connectivity index (χ4n) is 4.20. The van der Waals surface area contributed by atoms with E-state index < -0.39 is 0 Å². The Morgan fingerprint density at radius 1 is 0.769 bits per heavy atom. The SMILES string of the molecule is COc1cc2c(cc1OC)C(c1ccccc1)CC2Cc1ccccc1. The molecule has 4 rings (SSSR count). The van der Waals surface area contributed by atoms with Crippen LogP contribution in [-0.2, 0) is 6.42 Å². The molecule has 0 aromatic heterocycles. The van der Waals surface area contributed by atoms with Crippen LogP contribution in [0.25, 0.3) is 0 Å². The van der Waals surface area contributed by atoms with Crippen LogP contribution in [0.5, 0.6) is 11.5 Å². The zero-order valence-corrected chi connectivity index (χ0v) is 15.3. The van der Waals surface area contributed by atoms with Gasteiger partial charge in [0.25, 0.3) is 0 Å². The van der Waals surface area contributed by atoms with Crippen LogP contribution in [0, 0.1) is 0 Å². The van der Waals surface area contributed by atoms with E-state index in [1.807, 2.05) is 0 Å². The summed E-state index contributed by atoms with van der Waals surface area (Å²) in [6, 6.07) is 25.9. The molecular weight excluding hydrogens is 320 g/mol. The zero-order valence-electron chi connectivity index (χ0n) is 15.3. The van der Waals surface area contributed by atoms with Crippen molar-refractivity contribution < 1.29 is 9.47 Å². The smallest absolute Gasteiger partial charge is 0.161 e. The van der Waals surface area contributed by atoms with Gasteiger partial charge in [-0.15, -0.1) is 0 Å². The first-order valence-corrected chi connectivity index (χ1v) is 9.15. The van der Waals surface area contributed by atoms with Crippen molar-refractivity contribution in [1.29, 1.82) is 0 Å². The summed E-state index contributed by atoms with van der Waals surface area (Å²) >= 11 is 0. The van der Waals surface area contributed by atoms with Crippen molar-refractivity contribution in [3.05, 3.63) is 95.1 Å². The Balaban J connectivity index is 1.77. The molecule has 0 aliphatic heterocycles. The van der Waals surface area contributed by atoms with Gasteiger partial charge in [-0.3, -0.25) is 0 Å². The van der Waals surface area contributed by atoms with Gasteiger partial charge in [0, 0.05) is 5.92 Å². The highest BCUT2D eigenvalue weighted by atomic mass is 16.5. The van der Waals surface area contributed by atoms with Crippen molar-refractivity contribution in [2.75, 3.05) is 14.2 Å². The van der Waals surface area contributed by atoms with Crippen molar-refractivity contribution in [3.63, 3.8) is 0 Å². The molecule has 1 aliphatic rings. The molecule has 0 amide bonds. The van der Waals surface area contributed by atoms with Gasteiger partial charge in [-0.05, 0) is 53.1 Å². The molecule has 0 radical (unpaired) electrons. The summed E-state index contributed by atoms with van der Waals surface area (Å²) in [6.07, 6.45) is 2.16. The normalized spacial score (nSPS) is 18.4. The van der Waals surface area contributed by atoms with Gasteiger partial charge >= 0.3 is 0 Å². The van der Waals surface area contributed by atoms with Gasteiger partial charge in [0.05, 0.1) is 14.2 Å². The maximum absolute atomic E-state index is 5.58. The molecule has 2 unspecified atom stereocenters. The Hall–Kier alpha value is -2.74. The number of hydrogen-bond acceptors (Lipinski definition) is 2. The average Bonchev–Trinajstić information content (AvgIpc) is 3.05. The summed E-state index contributed by atoms with van der Waals surface area (Å²) in [5, 5.41) is 0. The fraction of sp³-hybridized carbons (Fsp3) is 0.250. The van der Waals surface area contributed by atoms with E-state index in [1.54, 1.807) is 14.2 Å². The lowest BCUT2D eigenvalue weighted by Gasteiger charge is -2.15. The van der Waals surface area contributed by atoms with Crippen LogP contribution in [-0.4, -0.2) is 14.2 Å². The molecule has 3 aromatic carbocycles. The number of rotatable bonds is 5. The lowest BCUT2D eigenvalue weighted by molar-refractivity contribution is 0.354. The molecule has 2 atom stereocenters. The highest BCUT2D eigenvalue weighted by Crippen LogP contribution is 2.49. The summed E-state index contributed by atoms with van der Waals surface area (Å²) in [6.45, 7) is 0. The molecule has 0 fully saturated rings. The largest absolute Gasteiger partial charge is 0.493 e. The van der Waals surface area contributed by atoms with Gasteiger partial charge in [-0.1, -0.05) is 60.7 Å². The lowest BCUT2D eigenvalue weighted by atomic mass is 9.91. The number of ether oxygens (including phenoxy) is 2. The fourth-order valence-corrected chi connectivity index (χ4v) is 4.20. The summed E-state index contributed by atoms with van der Waals surface area (Å²) in [5.74, 6) is 2.52. The predicted octanol–water partition coefficient (Wildman–Crippen LogP) is 5.57. The highest BCUT2D eigenvalue weighted by molar-refractivity contribution is 5.55. The molecule has 0 heterocycles. The maximum Gasteiger partial charge on any atom is 0.161 e. The number of hydrogen-bond donors (Lipinski definition) is 0. The Morgan fingerprint density at radius 3 is 1.96 bits per heavy atom. The Bertz CT molecular complexity index is 871. The number of fused-ring (bicyclic) bond motifs is 1. The minimum absolute atomic E-state index is 0.403. The predicted molar refractivity (Wildman–Crippen MR) is 105 cm³/mol. The van der Waals surface area contributed by atoms with Gasteiger partial charge in [0.15, 0.2) is 11.5 Å². The topological polar surface area (TPSA) is 18.5 Å². The number of methoxy groups -OCH3 is 2. The second-order valence-electron chi connectivity index (χ2n) is 6.92. The third-order valence-electron chi connectivity index (χ3n) is 5.45. The van der Waals surface area contributed by atoms with Gasteiger partial charge < -0.3 is 9.47 Å². The first-order chi connectivity index (χ1) is 12.8. The Morgan fingerprint density at radius 2 is 1.35 bits per heavy atom. The molecule has 0 saturated carbocycles. The van der Waals surface area contributed by atoms with Crippen molar-refractivity contribution in [3.8, 4) is 11.5 Å². The van der Waals surface area contributed by atoms with Crippen LogP contribution < -0.4 is 9.47 Å². The quantitative estimate of drug-likeness (QED) is 0.603. The van der Waals surface area contributed by atoms with Crippen LogP contribution in [0.1, 0.15) is 40.5 Å². The van der Waals surface area contributed by atoms with Gasteiger partial charge in [0.2, 0.25) is 0 Å². The minimum atomic E-state index is 0.403. The summed E-state index contributed by atoms with van der Waals surface area (Å²) in [4.78, 5) is 0. The van der Waals surface area contributed by atoms with E-state index in [2.05, 4.69) is 72.8 Å². The van der Waals surface area contributed by atoms with E-state index in [-0.39, 0.29) is 0 Å². The second kappa shape index (κ2) is 7.25. The van der Waals surface area contributed by atoms with Gasteiger partial charge in [0.1, 0.15) is 0 Å². The average molecular weight is 344 g/mol. The van der Waals surface area contributed by atoms with E-state index in [4.69, 9.17) is 9.47 Å². The third kappa shape index (κ3) is 3.08. The molecule has 26 heavy (non-hydrogen) atoms. The van der Waals surface area contributed by atoms with E-state index in [0.29, 0.717) is 11.8 Å². The van der Waals surface area contributed by atoms with Crippen molar-refractivity contribution in [2.45, 2.75) is 24.7 Å². The van der Waals surface area contributed by atoms with Gasteiger partial charge in [-0.25, -0.2) is 0 Å². The Labute approximate surface area is 155 Å².